The quantitative estimate of drug-likeness (QED) is 0.588. The smallest absolute Gasteiger partial charge is 0.365 e. The van der Waals surface area contributed by atoms with Crippen LogP contribution in [0.5, 0.6) is 0 Å². The Kier molecular flexibility index (Phi) is 5.22. The number of halogens is 4. The van der Waals surface area contributed by atoms with E-state index in [0.29, 0.717) is 12.4 Å². The normalized spacial score (nSPS) is 21.9. The fourth-order valence-corrected chi connectivity index (χ4v) is 4.73. The van der Waals surface area contributed by atoms with Crippen molar-refractivity contribution in [2.24, 2.45) is 5.92 Å². The van der Waals surface area contributed by atoms with Crippen LogP contribution >= 0.6 is 0 Å². The van der Waals surface area contributed by atoms with Gasteiger partial charge in [-0.2, -0.15) is 13.2 Å². The van der Waals surface area contributed by atoms with Crippen LogP contribution < -0.4 is 5.32 Å². The first kappa shape index (κ1) is 21.3. The first-order valence-corrected chi connectivity index (χ1v) is 10.5. The molecule has 1 amide bonds. The number of anilines is 1. The van der Waals surface area contributed by atoms with Crippen molar-refractivity contribution < 1.29 is 22.4 Å². The van der Waals surface area contributed by atoms with Crippen molar-refractivity contribution in [1.82, 2.24) is 19.9 Å². The summed E-state index contributed by atoms with van der Waals surface area (Å²) in [4.78, 5) is 27.3. The minimum Gasteiger partial charge on any atom is -0.365 e. The van der Waals surface area contributed by atoms with E-state index in [1.165, 1.54) is 30.6 Å². The summed E-state index contributed by atoms with van der Waals surface area (Å²) in [7, 11) is 0. The third-order valence-corrected chi connectivity index (χ3v) is 6.19. The average Bonchev–Trinajstić information content (AvgIpc) is 3.39. The van der Waals surface area contributed by atoms with Crippen LogP contribution in [0, 0.1) is 11.7 Å². The van der Waals surface area contributed by atoms with Gasteiger partial charge in [0.2, 0.25) is 0 Å². The molecular weight excluding hydrogens is 438 g/mol. The molecule has 0 spiro atoms. The second kappa shape index (κ2) is 8.09. The Morgan fingerprint density at radius 1 is 1.00 bits per heavy atom. The van der Waals surface area contributed by atoms with Crippen molar-refractivity contribution in [1.29, 1.82) is 0 Å². The molecule has 1 N–H and O–H groups in total. The van der Waals surface area contributed by atoms with E-state index in [1.54, 1.807) is 17.0 Å². The molecule has 3 unspecified atom stereocenters. The molecule has 3 atom stereocenters. The summed E-state index contributed by atoms with van der Waals surface area (Å²) in [5.74, 6) is -0.258. The number of amides is 1. The zero-order chi connectivity index (χ0) is 23.2. The number of likely N-dealkylation sites (tertiary alicyclic amines) is 1. The fourth-order valence-electron chi connectivity index (χ4n) is 4.73. The van der Waals surface area contributed by atoms with Gasteiger partial charge in [-0.1, -0.05) is 0 Å². The lowest BCUT2D eigenvalue weighted by atomic mass is 10.0. The summed E-state index contributed by atoms with van der Waals surface area (Å²) >= 11 is 0. The van der Waals surface area contributed by atoms with Gasteiger partial charge in [-0.05, 0) is 55.2 Å². The number of nitrogens with zero attached hydrogens (tertiary/aromatic N) is 4. The Morgan fingerprint density at radius 3 is 2.42 bits per heavy atom. The Hall–Kier alpha value is -3.56. The average molecular weight is 457 g/mol. The molecule has 2 fully saturated rings. The number of aromatic nitrogens is 3. The third-order valence-electron chi connectivity index (χ3n) is 6.19. The largest absolute Gasteiger partial charge is 0.417 e. The van der Waals surface area contributed by atoms with E-state index in [0.717, 1.165) is 25.1 Å². The number of hydrogen-bond acceptors (Lipinski definition) is 5. The lowest BCUT2D eigenvalue weighted by Crippen LogP contribution is -2.48. The number of carbonyl (C=O) groups is 1. The highest BCUT2D eigenvalue weighted by Crippen LogP contribution is 2.40. The van der Waals surface area contributed by atoms with Crippen molar-refractivity contribution in [3.05, 3.63) is 71.9 Å². The van der Waals surface area contributed by atoms with Gasteiger partial charge in [0.25, 0.3) is 5.91 Å². The van der Waals surface area contributed by atoms with E-state index < -0.39 is 17.6 Å². The first-order valence-electron chi connectivity index (χ1n) is 10.5. The molecule has 2 aliphatic rings. The molecule has 6 nitrogen and oxygen atoms in total. The van der Waals surface area contributed by atoms with Crippen LogP contribution in [0.4, 0.5) is 23.4 Å². The number of nitrogens with one attached hydrogen (secondary N) is 1. The molecule has 2 bridgehead atoms. The fraction of sp³-hybridized carbons (Fsp3) is 0.304. The van der Waals surface area contributed by atoms with Crippen molar-refractivity contribution in [3.8, 4) is 11.4 Å². The van der Waals surface area contributed by atoms with Crippen molar-refractivity contribution in [2.75, 3.05) is 11.9 Å². The Balaban J connectivity index is 1.37. The molecule has 5 rings (SSSR count). The zero-order valence-corrected chi connectivity index (χ0v) is 17.3. The standard InChI is InChI=1S/C23H19F4N5O/c24-16-4-2-8-29-21(16)20-15(3-1-7-28-20)22(33)32-12-13-9-17(18(32)10-13)31-19-6-5-14(11-30-19)23(25,26)27/h1-8,11,13,17-18H,9-10,12H2,(H,30,31). The van der Waals surface area contributed by atoms with Gasteiger partial charge in [0, 0.05) is 31.2 Å². The minimum absolute atomic E-state index is 0.00874. The first-order chi connectivity index (χ1) is 15.8. The molecule has 0 aromatic carbocycles. The minimum atomic E-state index is -4.45. The summed E-state index contributed by atoms with van der Waals surface area (Å²) in [5, 5.41) is 3.18. The highest BCUT2D eigenvalue weighted by Gasteiger charge is 2.47. The van der Waals surface area contributed by atoms with Gasteiger partial charge in [0.15, 0.2) is 5.82 Å². The maximum atomic E-state index is 14.3. The van der Waals surface area contributed by atoms with Gasteiger partial charge in [-0.15, -0.1) is 0 Å². The topological polar surface area (TPSA) is 71.0 Å². The molecule has 3 aromatic rings. The van der Waals surface area contributed by atoms with Gasteiger partial charge < -0.3 is 10.2 Å². The Morgan fingerprint density at radius 2 is 1.76 bits per heavy atom. The summed E-state index contributed by atoms with van der Waals surface area (Å²) < 4.78 is 52.7. The van der Waals surface area contributed by atoms with Crippen LogP contribution in [0.15, 0.2) is 55.0 Å². The molecule has 1 saturated heterocycles. The number of piperidine rings is 1. The van der Waals surface area contributed by atoms with Crippen molar-refractivity contribution in [3.63, 3.8) is 0 Å². The molecule has 3 aromatic heterocycles. The van der Waals surface area contributed by atoms with E-state index in [2.05, 4.69) is 20.3 Å². The van der Waals surface area contributed by atoms with Gasteiger partial charge in [-0.25, -0.2) is 9.37 Å². The number of hydrogen-bond donors (Lipinski definition) is 1. The third kappa shape index (κ3) is 4.01. The maximum absolute atomic E-state index is 14.3. The monoisotopic (exact) mass is 457 g/mol. The summed E-state index contributed by atoms with van der Waals surface area (Å²) in [6, 6.07) is 7.92. The molecule has 10 heteroatoms. The molecule has 0 radical (unpaired) electrons. The molecule has 33 heavy (non-hydrogen) atoms. The van der Waals surface area contributed by atoms with Crippen LogP contribution in [0.1, 0.15) is 28.8 Å². The second-order valence-electron chi connectivity index (χ2n) is 8.28. The highest BCUT2D eigenvalue weighted by molar-refractivity contribution is 6.00. The predicted octanol–water partition coefficient (Wildman–Crippen LogP) is 4.41. The molecule has 1 saturated carbocycles. The lowest BCUT2D eigenvalue weighted by molar-refractivity contribution is -0.137. The Bertz CT molecular complexity index is 1180. The van der Waals surface area contributed by atoms with Gasteiger partial charge in [0.1, 0.15) is 17.2 Å². The number of fused-ring (bicyclic) bond motifs is 2. The van der Waals surface area contributed by atoms with Crippen LogP contribution in [0.2, 0.25) is 0 Å². The van der Waals surface area contributed by atoms with Crippen LogP contribution in [-0.4, -0.2) is 44.4 Å². The molecule has 1 aliphatic heterocycles. The number of pyridine rings is 3. The van der Waals surface area contributed by atoms with Crippen molar-refractivity contribution in [2.45, 2.75) is 31.1 Å². The summed E-state index contributed by atoms with van der Waals surface area (Å²) in [5.41, 5.74) is -0.371. The van der Waals surface area contributed by atoms with E-state index in [4.69, 9.17) is 0 Å². The maximum Gasteiger partial charge on any atom is 0.417 e. The molecule has 1 aliphatic carbocycles. The number of alkyl halides is 3. The zero-order valence-electron chi connectivity index (χ0n) is 17.3. The summed E-state index contributed by atoms with van der Waals surface area (Å²) in [6.07, 6.45) is 0.828. The van der Waals surface area contributed by atoms with Crippen LogP contribution in [0.3, 0.4) is 0 Å². The highest BCUT2D eigenvalue weighted by atomic mass is 19.4. The summed E-state index contributed by atoms with van der Waals surface area (Å²) in [6.45, 7) is 0.557. The van der Waals surface area contributed by atoms with Crippen molar-refractivity contribution >= 4 is 11.7 Å². The second-order valence-corrected chi connectivity index (χ2v) is 8.28. The predicted molar refractivity (Wildman–Crippen MR) is 112 cm³/mol. The Labute approximate surface area is 186 Å². The number of carbonyl (C=O) groups excluding carboxylic acids is 1. The van der Waals surface area contributed by atoms with Gasteiger partial charge >= 0.3 is 6.18 Å². The molecule has 4 heterocycles. The van der Waals surface area contributed by atoms with E-state index in [1.807, 2.05) is 0 Å². The van der Waals surface area contributed by atoms with E-state index in [-0.39, 0.29) is 40.9 Å². The van der Waals surface area contributed by atoms with Gasteiger partial charge in [-0.3, -0.25) is 14.8 Å². The number of rotatable bonds is 4. The molecular formula is C23H19F4N5O. The van der Waals surface area contributed by atoms with Crippen LogP contribution in [0.25, 0.3) is 11.4 Å². The van der Waals surface area contributed by atoms with E-state index >= 15 is 0 Å². The lowest BCUT2D eigenvalue weighted by Gasteiger charge is -2.34. The van der Waals surface area contributed by atoms with E-state index in [9.17, 15) is 22.4 Å². The SMILES string of the molecule is O=C(c1cccnc1-c1ncccc1F)N1CC2CC(Nc3ccc(C(F)(F)F)cn3)C1C2. The van der Waals surface area contributed by atoms with Crippen LogP contribution in [-0.2, 0) is 6.18 Å². The van der Waals surface area contributed by atoms with Gasteiger partial charge in [0.05, 0.1) is 17.2 Å². The molecule has 170 valence electrons.